The van der Waals surface area contributed by atoms with Gasteiger partial charge in [-0.05, 0) is 18.1 Å². The molecule has 0 aliphatic heterocycles. The van der Waals surface area contributed by atoms with Crippen LogP contribution in [-0.4, -0.2) is 29.5 Å². The zero-order valence-electron chi connectivity index (χ0n) is 14.9. The molecule has 0 saturated carbocycles. The van der Waals surface area contributed by atoms with E-state index in [0.717, 1.165) is 40.8 Å². The van der Waals surface area contributed by atoms with E-state index in [4.69, 9.17) is 0 Å². The van der Waals surface area contributed by atoms with Gasteiger partial charge in [-0.3, -0.25) is 9.36 Å². The molecule has 0 spiro atoms. The number of aromatic nitrogens is 6. The molecule has 0 aliphatic carbocycles. The van der Waals surface area contributed by atoms with Gasteiger partial charge in [0, 0.05) is 60.6 Å². The van der Waals surface area contributed by atoms with Crippen molar-refractivity contribution in [2.45, 2.75) is 19.9 Å². The second-order valence-electron chi connectivity index (χ2n) is 6.27. The zero-order chi connectivity index (χ0) is 17.9. The van der Waals surface area contributed by atoms with Gasteiger partial charge in [-0.25, -0.2) is 9.97 Å². The monoisotopic (exact) mass is 344 g/mol. The van der Waals surface area contributed by atoms with Gasteiger partial charge in [0.05, 0.1) is 12.4 Å². The van der Waals surface area contributed by atoms with E-state index >= 15 is 0 Å². The third-order valence-corrected chi connectivity index (χ3v) is 4.23. The summed E-state index contributed by atoms with van der Waals surface area (Å²) in [5.74, 6) is 0.709. The van der Waals surface area contributed by atoms with Crippen LogP contribution in [0.5, 0.6) is 0 Å². The van der Waals surface area contributed by atoms with Gasteiger partial charge >= 0.3 is 0 Å². The fourth-order valence-corrected chi connectivity index (χ4v) is 2.90. The molecule has 6 heteroatoms. The Bertz CT molecular complexity index is 1010. The highest BCUT2D eigenvalue weighted by Gasteiger charge is 2.07. The number of hydrogen-bond acceptors (Lipinski definition) is 4. The maximum absolute atomic E-state index is 4.55. The Morgan fingerprint density at radius 3 is 2.27 bits per heavy atom. The molecule has 0 aliphatic rings. The van der Waals surface area contributed by atoms with Gasteiger partial charge in [0.1, 0.15) is 0 Å². The quantitative estimate of drug-likeness (QED) is 0.552. The lowest BCUT2D eigenvalue weighted by Crippen LogP contribution is -1.95. The van der Waals surface area contributed by atoms with E-state index in [0.29, 0.717) is 5.82 Å². The molecular weight excluding hydrogens is 324 g/mol. The van der Waals surface area contributed by atoms with Crippen molar-refractivity contribution in [3.63, 3.8) is 0 Å². The van der Waals surface area contributed by atoms with Crippen LogP contribution in [0.4, 0.5) is 0 Å². The summed E-state index contributed by atoms with van der Waals surface area (Å²) in [5, 5.41) is 8.60. The highest BCUT2D eigenvalue weighted by Crippen LogP contribution is 2.25. The van der Waals surface area contributed by atoms with Crippen LogP contribution in [0.3, 0.4) is 0 Å². The zero-order valence-corrected chi connectivity index (χ0v) is 14.9. The van der Waals surface area contributed by atoms with Crippen LogP contribution in [0.15, 0.2) is 61.4 Å². The number of benzene rings is 1. The third-order valence-electron chi connectivity index (χ3n) is 4.23. The van der Waals surface area contributed by atoms with E-state index in [1.807, 2.05) is 61.0 Å². The number of rotatable bonds is 5. The Hall–Kier alpha value is -3.28. The van der Waals surface area contributed by atoms with E-state index < -0.39 is 0 Å². The minimum atomic E-state index is 0.709. The minimum Gasteiger partial charge on any atom is -0.275 e. The molecule has 4 aromatic rings. The van der Waals surface area contributed by atoms with Crippen molar-refractivity contribution in [2.75, 3.05) is 0 Å². The fraction of sp³-hybridized carbons (Fsp3) is 0.200. The molecule has 0 amide bonds. The van der Waals surface area contributed by atoms with Crippen LogP contribution in [0, 0.1) is 0 Å². The van der Waals surface area contributed by atoms with Crippen molar-refractivity contribution in [2.24, 2.45) is 7.05 Å². The molecule has 0 atom stereocenters. The number of nitrogens with zero attached hydrogens (tertiary/aromatic N) is 6. The van der Waals surface area contributed by atoms with Crippen LogP contribution in [-0.2, 0) is 13.6 Å². The molecule has 0 saturated heterocycles. The maximum atomic E-state index is 4.55. The van der Waals surface area contributed by atoms with Crippen molar-refractivity contribution in [3.8, 4) is 33.6 Å². The molecule has 0 unspecified atom stereocenters. The van der Waals surface area contributed by atoms with Crippen molar-refractivity contribution in [1.82, 2.24) is 29.5 Å². The second kappa shape index (κ2) is 6.92. The van der Waals surface area contributed by atoms with Crippen molar-refractivity contribution < 1.29 is 0 Å². The Morgan fingerprint density at radius 2 is 1.54 bits per heavy atom. The van der Waals surface area contributed by atoms with E-state index in [-0.39, 0.29) is 0 Å². The first-order valence-corrected chi connectivity index (χ1v) is 8.67. The molecule has 130 valence electrons. The molecule has 26 heavy (non-hydrogen) atoms. The standard InChI is InChI=1S/C20H20N6/c1-3-7-26-14-19(12-24-26)17-9-21-20(22-10-17)16-6-4-5-15(8-16)18-11-23-25(2)13-18/h4-6,8-14H,3,7H2,1-2H3. The molecule has 0 radical (unpaired) electrons. The van der Waals surface area contributed by atoms with E-state index in [9.17, 15) is 0 Å². The minimum absolute atomic E-state index is 0.709. The van der Waals surface area contributed by atoms with E-state index in [2.05, 4.69) is 39.2 Å². The first-order chi connectivity index (χ1) is 12.7. The average Bonchev–Trinajstić information content (AvgIpc) is 3.32. The van der Waals surface area contributed by atoms with Crippen molar-refractivity contribution in [3.05, 3.63) is 61.4 Å². The topological polar surface area (TPSA) is 61.4 Å². The summed E-state index contributed by atoms with van der Waals surface area (Å²) in [6.07, 6.45) is 12.5. The maximum Gasteiger partial charge on any atom is 0.159 e. The summed E-state index contributed by atoms with van der Waals surface area (Å²) >= 11 is 0. The van der Waals surface area contributed by atoms with Crippen LogP contribution in [0.1, 0.15) is 13.3 Å². The summed E-state index contributed by atoms with van der Waals surface area (Å²) < 4.78 is 3.74. The Labute approximate surface area is 152 Å². The molecular formula is C20H20N6. The van der Waals surface area contributed by atoms with Crippen LogP contribution in [0.2, 0.25) is 0 Å². The Kier molecular flexibility index (Phi) is 4.31. The molecule has 6 nitrogen and oxygen atoms in total. The fourth-order valence-electron chi connectivity index (χ4n) is 2.90. The normalized spacial score (nSPS) is 11.0. The average molecular weight is 344 g/mol. The molecule has 0 N–H and O–H groups in total. The van der Waals surface area contributed by atoms with Gasteiger partial charge in [0.2, 0.25) is 0 Å². The Balaban J connectivity index is 1.60. The first kappa shape index (κ1) is 16.2. The lowest BCUT2D eigenvalue weighted by molar-refractivity contribution is 0.603. The summed E-state index contributed by atoms with van der Waals surface area (Å²) in [5.41, 5.74) is 5.17. The van der Waals surface area contributed by atoms with E-state index in [1.165, 1.54) is 0 Å². The van der Waals surface area contributed by atoms with Gasteiger partial charge in [0.25, 0.3) is 0 Å². The lowest BCUT2D eigenvalue weighted by Gasteiger charge is -2.04. The van der Waals surface area contributed by atoms with Gasteiger partial charge in [-0.2, -0.15) is 10.2 Å². The van der Waals surface area contributed by atoms with Crippen LogP contribution in [0.25, 0.3) is 33.6 Å². The summed E-state index contributed by atoms with van der Waals surface area (Å²) in [7, 11) is 1.91. The lowest BCUT2D eigenvalue weighted by atomic mass is 10.1. The summed E-state index contributed by atoms with van der Waals surface area (Å²) in [6.45, 7) is 3.05. The third kappa shape index (κ3) is 3.26. The Morgan fingerprint density at radius 1 is 0.808 bits per heavy atom. The van der Waals surface area contributed by atoms with Gasteiger partial charge in [-0.15, -0.1) is 0 Å². The number of aryl methyl sites for hydroxylation is 2. The van der Waals surface area contributed by atoms with Crippen LogP contribution >= 0.6 is 0 Å². The van der Waals surface area contributed by atoms with Crippen molar-refractivity contribution >= 4 is 0 Å². The first-order valence-electron chi connectivity index (χ1n) is 8.67. The number of hydrogen-bond donors (Lipinski definition) is 0. The molecule has 4 rings (SSSR count). The highest BCUT2D eigenvalue weighted by atomic mass is 15.3. The molecule has 3 aromatic heterocycles. The molecule has 3 heterocycles. The largest absolute Gasteiger partial charge is 0.275 e. The van der Waals surface area contributed by atoms with Gasteiger partial charge in [0.15, 0.2) is 5.82 Å². The van der Waals surface area contributed by atoms with Gasteiger partial charge in [-0.1, -0.05) is 25.1 Å². The SMILES string of the molecule is CCCn1cc(-c2cnc(-c3cccc(-c4cnn(C)c4)c3)nc2)cn1. The van der Waals surface area contributed by atoms with Crippen LogP contribution < -0.4 is 0 Å². The van der Waals surface area contributed by atoms with Gasteiger partial charge < -0.3 is 0 Å². The summed E-state index contributed by atoms with van der Waals surface area (Å²) in [6, 6.07) is 8.19. The predicted molar refractivity (Wildman–Crippen MR) is 101 cm³/mol. The smallest absolute Gasteiger partial charge is 0.159 e. The molecule has 0 fully saturated rings. The molecule has 1 aromatic carbocycles. The molecule has 0 bridgehead atoms. The van der Waals surface area contributed by atoms with Crippen molar-refractivity contribution in [1.29, 1.82) is 0 Å². The second-order valence-corrected chi connectivity index (χ2v) is 6.27. The highest BCUT2D eigenvalue weighted by molar-refractivity contribution is 5.70. The summed E-state index contributed by atoms with van der Waals surface area (Å²) in [4.78, 5) is 9.10. The predicted octanol–water partition coefficient (Wildman–Crippen LogP) is 3.82. The van der Waals surface area contributed by atoms with E-state index in [1.54, 1.807) is 4.68 Å².